The second kappa shape index (κ2) is 11.9. The molecule has 180 valence electrons. The molecule has 1 aliphatic rings. The molecule has 0 saturated heterocycles. The van der Waals surface area contributed by atoms with E-state index in [1.54, 1.807) is 32.9 Å². The van der Waals surface area contributed by atoms with E-state index in [1.165, 1.54) is 14.2 Å². The molecule has 0 amide bonds. The molecule has 0 aliphatic carbocycles. The van der Waals surface area contributed by atoms with Crippen molar-refractivity contribution in [3.63, 3.8) is 0 Å². The van der Waals surface area contributed by atoms with Gasteiger partial charge in [0.2, 0.25) is 0 Å². The van der Waals surface area contributed by atoms with Crippen molar-refractivity contribution in [2.75, 3.05) is 34.0 Å². The molecular formula is C23H28INO8. The van der Waals surface area contributed by atoms with E-state index in [0.29, 0.717) is 38.6 Å². The number of carbonyl (C=O) groups is 3. The fourth-order valence-corrected chi connectivity index (χ4v) is 4.36. The zero-order valence-electron chi connectivity index (χ0n) is 19.5. The van der Waals surface area contributed by atoms with Crippen molar-refractivity contribution >= 4 is 40.5 Å². The summed E-state index contributed by atoms with van der Waals surface area (Å²) >= 11 is 2.06. The Bertz CT molecular complexity index is 960. The molecule has 2 rings (SSSR count). The van der Waals surface area contributed by atoms with E-state index in [1.807, 2.05) is 6.92 Å². The van der Waals surface area contributed by atoms with Crippen molar-refractivity contribution in [1.29, 1.82) is 0 Å². The molecule has 0 atom stereocenters. The summed E-state index contributed by atoms with van der Waals surface area (Å²) in [4.78, 5) is 37.2. The number of halogens is 1. The predicted octanol–water partition coefficient (Wildman–Crippen LogP) is 3.21. The molecule has 1 aromatic rings. The van der Waals surface area contributed by atoms with Gasteiger partial charge >= 0.3 is 17.9 Å². The van der Waals surface area contributed by atoms with Gasteiger partial charge in [-0.1, -0.05) is 0 Å². The summed E-state index contributed by atoms with van der Waals surface area (Å²) in [6.07, 6.45) is 0. The molecule has 0 saturated carbocycles. The van der Waals surface area contributed by atoms with Crippen LogP contribution in [0.4, 0.5) is 0 Å². The lowest BCUT2D eigenvalue weighted by molar-refractivity contribution is -0.145. The Morgan fingerprint density at radius 1 is 0.939 bits per heavy atom. The Kier molecular flexibility index (Phi) is 9.56. The minimum Gasteiger partial charge on any atom is -0.490 e. The number of rotatable bonds is 9. The Morgan fingerprint density at radius 3 is 2.00 bits per heavy atom. The fourth-order valence-electron chi connectivity index (χ4n) is 3.58. The van der Waals surface area contributed by atoms with Crippen molar-refractivity contribution in [1.82, 2.24) is 5.32 Å². The smallest absolute Gasteiger partial charge is 0.344 e. The van der Waals surface area contributed by atoms with Crippen LogP contribution in [-0.2, 0) is 28.6 Å². The van der Waals surface area contributed by atoms with Gasteiger partial charge in [0.15, 0.2) is 18.1 Å². The molecule has 1 N–H and O–H groups in total. The third-order valence-corrected chi connectivity index (χ3v) is 5.68. The van der Waals surface area contributed by atoms with Gasteiger partial charge in [0.25, 0.3) is 0 Å². The molecule has 0 fully saturated rings. The molecule has 10 heteroatoms. The summed E-state index contributed by atoms with van der Waals surface area (Å²) < 4.78 is 27.0. The molecule has 0 spiro atoms. The SMILES string of the molecule is CCOC(=O)COc1c(I)cc(C2C(C(=O)OC)=C(C)NC(C)=C2C(=O)OC)cc1OCC. The lowest BCUT2D eigenvalue weighted by atomic mass is 9.80. The van der Waals surface area contributed by atoms with Crippen LogP contribution in [0.15, 0.2) is 34.7 Å². The summed E-state index contributed by atoms with van der Waals surface area (Å²) in [5.41, 5.74) is 2.29. The molecule has 0 aromatic heterocycles. The highest BCUT2D eigenvalue weighted by Gasteiger charge is 2.38. The summed E-state index contributed by atoms with van der Waals surface area (Å²) in [6, 6.07) is 3.46. The van der Waals surface area contributed by atoms with E-state index in [9.17, 15) is 14.4 Å². The third-order valence-electron chi connectivity index (χ3n) is 4.88. The highest BCUT2D eigenvalue weighted by Crippen LogP contribution is 2.43. The van der Waals surface area contributed by atoms with Crippen molar-refractivity contribution in [2.24, 2.45) is 0 Å². The van der Waals surface area contributed by atoms with Crippen LogP contribution in [0.2, 0.25) is 0 Å². The first-order valence-electron chi connectivity index (χ1n) is 10.3. The number of carbonyl (C=O) groups excluding carboxylic acids is 3. The van der Waals surface area contributed by atoms with E-state index in [4.69, 9.17) is 23.7 Å². The van der Waals surface area contributed by atoms with E-state index >= 15 is 0 Å². The zero-order chi connectivity index (χ0) is 24.7. The standard InChI is InChI=1S/C23H28INO8/c1-7-31-16-10-14(9-15(24)21(16)33-11-17(26)32-8-2)20-18(22(27)29-5)12(3)25-13(4)19(20)23(28)30-6/h9-10,20,25H,7-8,11H2,1-6H3. The Labute approximate surface area is 206 Å². The molecular weight excluding hydrogens is 545 g/mol. The van der Waals surface area contributed by atoms with Crippen molar-refractivity contribution < 1.29 is 38.1 Å². The minimum absolute atomic E-state index is 0.246. The topological polar surface area (TPSA) is 109 Å². The van der Waals surface area contributed by atoms with Gasteiger partial charge in [-0.15, -0.1) is 0 Å². The molecule has 0 bridgehead atoms. The van der Waals surface area contributed by atoms with Crippen LogP contribution >= 0.6 is 22.6 Å². The normalized spacial score (nSPS) is 13.9. The van der Waals surface area contributed by atoms with Gasteiger partial charge in [-0.2, -0.15) is 0 Å². The molecule has 33 heavy (non-hydrogen) atoms. The van der Waals surface area contributed by atoms with Crippen LogP contribution < -0.4 is 14.8 Å². The van der Waals surface area contributed by atoms with Crippen LogP contribution in [-0.4, -0.2) is 51.9 Å². The Hall–Kier alpha value is -2.76. The maximum atomic E-state index is 12.7. The summed E-state index contributed by atoms with van der Waals surface area (Å²) in [5, 5.41) is 3.07. The van der Waals surface area contributed by atoms with Crippen molar-refractivity contribution in [3.8, 4) is 11.5 Å². The van der Waals surface area contributed by atoms with E-state index in [-0.39, 0.29) is 24.4 Å². The third kappa shape index (κ3) is 5.98. The maximum Gasteiger partial charge on any atom is 0.344 e. The number of methoxy groups -OCH3 is 2. The number of hydrogen-bond donors (Lipinski definition) is 1. The first-order chi connectivity index (χ1) is 15.7. The summed E-state index contributed by atoms with van der Waals surface area (Å²) in [7, 11) is 2.56. The van der Waals surface area contributed by atoms with Crippen molar-refractivity contribution in [3.05, 3.63) is 43.8 Å². The minimum atomic E-state index is -0.766. The number of allylic oxidation sites excluding steroid dienone is 2. The summed E-state index contributed by atoms with van der Waals surface area (Å²) in [6.45, 7) is 7.30. The molecule has 1 aliphatic heterocycles. The van der Waals surface area contributed by atoms with Gasteiger partial charge in [0, 0.05) is 11.4 Å². The number of dihydropyridines is 1. The van der Waals surface area contributed by atoms with Gasteiger partial charge in [-0.3, -0.25) is 0 Å². The van der Waals surface area contributed by atoms with Gasteiger partial charge in [0.05, 0.1) is 48.1 Å². The molecule has 0 radical (unpaired) electrons. The molecule has 1 aromatic carbocycles. The molecule has 1 heterocycles. The van der Waals surface area contributed by atoms with Crippen LogP contribution in [0.25, 0.3) is 0 Å². The largest absolute Gasteiger partial charge is 0.490 e. The number of benzene rings is 1. The van der Waals surface area contributed by atoms with Gasteiger partial charge in [-0.25, -0.2) is 14.4 Å². The highest BCUT2D eigenvalue weighted by molar-refractivity contribution is 14.1. The number of hydrogen-bond acceptors (Lipinski definition) is 9. The van der Waals surface area contributed by atoms with E-state index < -0.39 is 23.8 Å². The number of esters is 3. The Morgan fingerprint density at radius 2 is 1.52 bits per heavy atom. The second-order valence-corrected chi connectivity index (χ2v) is 8.14. The number of nitrogens with one attached hydrogen (secondary N) is 1. The zero-order valence-corrected chi connectivity index (χ0v) is 21.7. The first kappa shape index (κ1) is 26.5. The Balaban J connectivity index is 2.66. The fraction of sp³-hybridized carbons (Fsp3) is 0.435. The van der Waals surface area contributed by atoms with Gasteiger partial charge in [0.1, 0.15) is 0 Å². The van der Waals surface area contributed by atoms with E-state index in [0.717, 1.165) is 0 Å². The average Bonchev–Trinajstić information content (AvgIpc) is 2.77. The highest BCUT2D eigenvalue weighted by atomic mass is 127. The van der Waals surface area contributed by atoms with Crippen LogP contribution in [0, 0.1) is 3.57 Å². The quantitative estimate of drug-likeness (QED) is 0.271. The summed E-state index contributed by atoms with van der Waals surface area (Å²) in [5.74, 6) is -1.69. The molecule has 9 nitrogen and oxygen atoms in total. The lowest BCUT2D eigenvalue weighted by Gasteiger charge is -2.30. The van der Waals surface area contributed by atoms with Crippen LogP contribution in [0.3, 0.4) is 0 Å². The lowest BCUT2D eigenvalue weighted by Crippen LogP contribution is -2.32. The van der Waals surface area contributed by atoms with Crippen molar-refractivity contribution in [2.45, 2.75) is 33.6 Å². The van der Waals surface area contributed by atoms with E-state index in [2.05, 4.69) is 27.9 Å². The number of ether oxygens (including phenoxy) is 5. The second-order valence-electron chi connectivity index (χ2n) is 6.98. The monoisotopic (exact) mass is 573 g/mol. The van der Waals surface area contributed by atoms with Gasteiger partial charge < -0.3 is 29.0 Å². The first-order valence-corrected chi connectivity index (χ1v) is 11.4. The average molecular weight is 573 g/mol. The maximum absolute atomic E-state index is 12.7. The predicted molar refractivity (Wildman–Crippen MR) is 128 cm³/mol. The van der Waals surface area contributed by atoms with Crippen LogP contribution in [0.5, 0.6) is 11.5 Å². The van der Waals surface area contributed by atoms with Gasteiger partial charge in [-0.05, 0) is 68.0 Å². The molecule has 0 unspecified atom stereocenters. The van der Waals surface area contributed by atoms with Crippen LogP contribution in [0.1, 0.15) is 39.2 Å².